The van der Waals surface area contributed by atoms with E-state index in [1.54, 1.807) is 0 Å². The van der Waals surface area contributed by atoms with Crippen LogP contribution in [-0.2, 0) is 4.79 Å². The lowest BCUT2D eigenvalue weighted by molar-refractivity contribution is -0.142. The van der Waals surface area contributed by atoms with Gasteiger partial charge in [-0.25, -0.2) is 4.79 Å². The van der Waals surface area contributed by atoms with Crippen molar-refractivity contribution in [1.82, 2.24) is 10.6 Å². The summed E-state index contributed by atoms with van der Waals surface area (Å²) in [5.41, 5.74) is 0. The van der Waals surface area contributed by atoms with Crippen LogP contribution < -0.4 is 10.6 Å². The van der Waals surface area contributed by atoms with Crippen LogP contribution in [0.4, 0.5) is 4.79 Å². The highest BCUT2D eigenvalue weighted by Gasteiger charge is 2.29. The second kappa shape index (κ2) is 5.59. The smallest absolute Gasteiger partial charge is 0.315 e. The van der Waals surface area contributed by atoms with Crippen LogP contribution in [0.3, 0.4) is 0 Å². The van der Waals surface area contributed by atoms with Crippen molar-refractivity contribution >= 4 is 12.0 Å². The summed E-state index contributed by atoms with van der Waals surface area (Å²) < 4.78 is 0. The van der Waals surface area contributed by atoms with Crippen LogP contribution in [0.25, 0.3) is 0 Å². The van der Waals surface area contributed by atoms with Gasteiger partial charge in [0, 0.05) is 12.1 Å². The van der Waals surface area contributed by atoms with Crippen molar-refractivity contribution in [2.45, 2.75) is 57.5 Å². The van der Waals surface area contributed by atoms with Gasteiger partial charge in [0.15, 0.2) is 0 Å². The molecule has 0 aromatic carbocycles. The van der Waals surface area contributed by atoms with Crippen LogP contribution >= 0.6 is 0 Å². The number of aliphatic carboxylic acids is 1. The highest BCUT2D eigenvalue weighted by Crippen LogP contribution is 2.27. The Kier molecular flexibility index (Phi) is 4.09. The van der Waals surface area contributed by atoms with E-state index in [-0.39, 0.29) is 18.0 Å². The maximum absolute atomic E-state index is 11.7. The first-order valence-electron chi connectivity index (χ1n) is 6.84. The zero-order valence-electron chi connectivity index (χ0n) is 10.8. The highest BCUT2D eigenvalue weighted by molar-refractivity contribution is 5.75. The summed E-state index contributed by atoms with van der Waals surface area (Å²) in [6.45, 7) is 2.18. The third kappa shape index (κ3) is 3.37. The minimum absolute atomic E-state index is 0.0920. The Hall–Kier alpha value is -1.26. The van der Waals surface area contributed by atoms with Gasteiger partial charge in [0.05, 0.1) is 5.92 Å². The number of carboxylic acids is 1. The molecule has 2 aliphatic rings. The number of hydrogen-bond donors (Lipinski definition) is 3. The predicted molar refractivity (Wildman–Crippen MR) is 67.2 cm³/mol. The molecule has 2 rings (SSSR count). The van der Waals surface area contributed by atoms with Crippen molar-refractivity contribution in [3.63, 3.8) is 0 Å². The standard InChI is InChI=1S/C13H22N2O3/c1-8-6-11(7-8)15-13(18)14-10-4-2-9(3-5-10)12(16)17/h8-11H,2-7H2,1H3,(H,16,17)(H2,14,15,18). The number of carbonyl (C=O) groups excluding carboxylic acids is 1. The van der Waals surface area contributed by atoms with E-state index in [2.05, 4.69) is 17.6 Å². The monoisotopic (exact) mass is 254 g/mol. The van der Waals surface area contributed by atoms with Gasteiger partial charge in [-0.15, -0.1) is 0 Å². The molecule has 0 radical (unpaired) electrons. The van der Waals surface area contributed by atoms with Crippen LogP contribution in [0.5, 0.6) is 0 Å². The molecule has 5 heteroatoms. The van der Waals surface area contributed by atoms with E-state index < -0.39 is 5.97 Å². The first-order chi connectivity index (χ1) is 8.54. The highest BCUT2D eigenvalue weighted by atomic mass is 16.4. The van der Waals surface area contributed by atoms with E-state index in [4.69, 9.17) is 5.11 Å². The Bertz CT molecular complexity index is 318. The molecule has 0 bridgehead atoms. The van der Waals surface area contributed by atoms with Crippen molar-refractivity contribution in [2.75, 3.05) is 0 Å². The van der Waals surface area contributed by atoms with Crippen LogP contribution in [0.2, 0.25) is 0 Å². The molecule has 102 valence electrons. The molecule has 2 fully saturated rings. The maximum Gasteiger partial charge on any atom is 0.315 e. The molecule has 0 saturated heterocycles. The Labute approximate surface area is 107 Å². The van der Waals surface area contributed by atoms with E-state index in [1.807, 2.05) is 0 Å². The molecule has 2 amide bonds. The third-order valence-corrected chi connectivity index (χ3v) is 4.12. The summed E-state index contributed by atoms with van der Waals surface area (Å²) >= 11 is 0. The molecule has 0 aromatic heterocycles. The fraction of sp³-hybridized carbons (Fsp3) is 0.846. The van der Waals surface area contributed by atoms with E-state index >= 15 is 0 Å². The largest absolute Gasteiger partial charge is 0.481 e. The topological polar surface area (TPSA) is 78.4 Å². The number of hydrogen-bond acceptors (Lipinski definition) is 2. The van der Waals surface area contributed by atoms with Crippen molar-refractivity contribution < 1.29 is 14.7 Å². The molecule has 2 aliphatic carbocycles. The average Bonchev–Trinajstić information content (AvgIpc) is 2.27. The Morgan fingerprint density at radius 2 is 1.56 bits per heavy atom. The first kappa shape index (κ1) is 13.2. The van der Waals surface area contributed by atoms with E-state index in [0.29, 0.717) is 18.9 Å². The third-order valence-electron chi connectivity index (χ3n) is 4.12. The number of carbonyl (C=O) groups is 2. The van der Waals surface area contributed by atoms with Gasteiger partial charge < -0.3 is 15.7 Å². The second-order valence-corrected chi connectivity index (χ2v) is 5.78. The van der Waals surface area contributed by atoms with Crippen LogP contribution in [0.15, 0.2) is 0 Å². The predicted octanol–water partition coefficient (Wildman–Crippen LogP) is 1.73. The Morgan fingerprint density at radius 1 is 1.00 bits per heavy atom. The van der Waals surface area contributed by atoms with Gasteiger partial charge in [-0.05, 0) is 44.4 Å². The Morgan fingerprint density at radius 3 is 2.06 bits per heavy atom. The number of urea groups is 1. The molecular formula is C13H22N2O3. The fourth-order valence-electron chi connectivity index (χ4n) is 2.92. The first-order valence-corrected chi connectivity index (χ1v) is 6.84. The molecule has 5 nitrogen and oxygen atoms in total. The fourth-order valence-corrected chi connectivity index (χ4v) is 2.92. The average molecular weight is 254 g/mol. The van der Waals surface area contributed by atoms with Gasteiger partial charge in [-0.2, -0.15) is 0 Å². The molecule has 0 aliphatic heterocycles. The molecule has 2 saturated carbocycles. The molecule has 18 heavy (non-hydrogen) atoms. The van der Waals surface area contributed by atoms with E-state index in [9.17, 15) is 9.59 Å². The minimum atomic E-state index is -0.707. The number of nitrogens with one attached hydrogen (secondary N) is 2. The van der Waals surface area contributed by atoms with Gasteiger partial charge >= 0.3 is 12.0 Å². The van der Waals surface area contributed by atoms with Crippen molar-refractivity contribution in [2.24, 2.45) is 11.8 Å². The van der Waals surface area contributed by atoms with Crippen LogP contribution in [0.1, 0.15) is 45.4 Å². The van der Waals surface area contributed by atoms with Gasteiger partial charge in [0.1, 0.15) is 0 Å². The number of amides is 2. The van der Waals surface area contributed by atoms with Gasteiger partial charge in [-0.3, -0.25) is 4.79 Å². The molecule has 0 spiro atoms. The molecule has 3 N–H and O–H groups in total. The quantitative estimate of drug-likeness (QED) is 0.717. The lowest BCUT2D eigenvalue weighted by Gasteiger charge is -2.34. The summed E-state index contributed by atoms with van der Waals surface area (Å²) in [5.74, 6) is -0.207. The van der Waals surface area contributed by atoms with E-state index in [0.717, 1.165) is 31.6 Å². The Balaban J connectivity index is 1.65. The van der Waals surface area contributed by atoms with E-state index in [1.165, 1.54) is 0 Å². The van der Waals surface area contributed by atoms with Crippen molar-refractivity contribution in [1.29, 1.82) is 0 Å². The SMILES string of the molecule is CC1CC(NC(=O)NC2CCC(C(=O)O)CC2)C1. The number of carboxylic acid groups (broad SMARTS) is 1. The summed E-state index contributed by atoms with van der Waals surface area (Å²) in [4.78, 5) is 22.5. The van der Waals surface area contributed by atoms with Gasteiger partial charge in [-0.1, -0.05) is 6.92 Å². The zero-order chi connectivity index (χ0) is 13.1. The minimum Gasteiger partial charge on any atom is -0.481 e. The zero-order valence-corrected chi connectivity index (χ0v) is 10.8. The molecular weight excluding hydrogens is 232 g/mol. The van der Waals surface area contributed by atoms with Gasteiger partial charge in [0.25, 0.3) is 0 Å². The normalized spacial score (nSPS) is 35.4. The number of rotatable bonds is 3. The summed E-state index contributed by atoms with van der Waals surface area (Å²) in [6.07, 6.45) is 5.01. The molecule has 0 heterocycles. The van der Waals surface area contributed by atoms with Crippen LogP contribution in [0, 0.1) is 11.8 Å². The molecule has 0 atom stereocenters. The van der Waals surface area contributed by atoms with Crippen LogP contribution in [-0.4, -0.2) is 29.2 Å². The van der Waals surface area contributed by atoms with Crippen molar-refractivity contribution in [3.05, 3.63) is 0 Å². The maximum atomic E-state index is 11.7. The summed E-state index contributed by atoms with van der Waals surface area (Å²) in [6, 6.07) is 0.374. The summed E-state index contributed by atoms with van der Waals surface area (Å²) in [5, 5.41) is 14.8. The lowest BCUT2D eigenvalue weighted by atomic mass is 9.82. The second-order valence-electron chi connectivity index (χ2n) is 5.78. The van der Waals surface area contributed by atoms with Gasteiger partial charge in [0.2, 0.25) is 0 Å². The lowest BCUT2D eigenvalue weighted by Crippen LogP contribution is -2.51. The molecule has 0 aromatic rings. The van der Waals surface area contributed by atoms with Crippen molar-refractivity contribution in [3.8, 4) is 0 Å². The summed E-state index contributed by atoms with van der Waals surface area (Å²) in [7, 11) is 0. The molecule has 0 unspecified atom stereocenters.